The largest absolute Gasteiger partial charge is 0.617 e. The van der Waals surface area contributed by atoms with Crippen LogP contribution in [0.25, 0.3) is 10.9 Å². The molecule has 0 N–H and O–H groups in total. The number of fused-ring (bicyclic) bond motifs is 1. The second-order valence-electron chi connectivity index (χ2n) is 4.84. The first kappa shape index (κ1) is 13.6. The number of para-hydroxylation sites is 1. The molecule has 1 aromatic heterocycles. The summed E-state index contributed by atoms with van der Waals surface area (Å²) in [5, 5.41) is 12.8. The van der Waals surface area contributed by atoms with Crippen molar-refractivity contribution in [3.8, 4) is 0 Å². The first-order valence-corrected chi connectivity index (χ1v) is 7.91. The molecule has 5 heteroatoms. The molecule has 0 aliphatic carbocycles. The fourth-order valence-corrected chi connectivity index (χ4v) is 3.67. The Hall–Kier alpha value is -2.40. The Morgan fingerprint density at radius 1 is 0.952 bits per heavy atom. The third-order valence-electron chi connectivity index (χ3n) is 3.34. The lowest BCUT2D eigenvalue weighted by Crippen LogP contribution is -2.34. The van der Waals surface area contributed by atoms with Crippen molar-refractivity contribution in [1.82, 2.24) is 0 Å². The van der Waals surface area contributed by atoms with Gasteiger partial charge in [-0.3, -0.25) is 0 Å². The lowest BCUT2D eigenvalue weighted by Gasteiger charge is -2.08. The first-order chi connectivity index (χ1) is 10.00. The maximum atomic E-state index is 12.6. The Kier molecular flexibility index (Phi) is 3.14. The quantitative estimate of drug-likeness (QED) is 0.540. The molecular weight excluding hydrogens is 286 g/mol. The van der Waals surface area contributed by atoms with Crippen LogP contribution in [0.3, 0.4) is 0 Å². The molecule has 0 spiro atoms. The van der Waals surface area contributed by atoms with Gasteiger partial charge < -0.3 is 5.21 Å². The number of pyridine rings is 1. The highest BCUT2D eigenvalue weighted by atomic mass is 32.2. The lowest BCUT2D eigenvalue weighted by molar-refractivity contribution is -0.619. The number of rotatable bonds is 2. The fourth-order valence-electron chi connectivity index (χ4n) is 2.26. The van der Waals surface area contributed by atoms with Gasteiger partial charge in [0.2, 0.25) is 5.52 Å². The highest BCUT2D eigenvalue weighted by Crippen LogP contribution is 2.21. The standard InChI is InChI=1S/C16H13NO3S/c1-12-5-4-7-14(11-12)21(19,20)16-10-9-13-6-2-3-8-15(13)17(16)18/h2-11H,1H3. The van der Waals surface area contributed by atoms with Crippen molar-refractivity contribution in [1.29, 1.82) is 0 Å². The highest BCUT2D eigenvalue weighted by Gasteiger charge is 2.27. The lowest BCUT2D eigenvalue weighted by atomic mass is 10.2. The van der Waals surface area contributed by atoms with E-state index in [-0.39, 0.29) is 9.92 Å². The molecule has 3 rings (SSSR count). The molecule has 4 nitrogen and oxygen atoms in total. The number of aromatic nitrogens is 1. The molecular formula is C16H13NO3S. The van der Waals surface area contributed by atoms with E-state index in [1.807, 2.05) is 13.0 Å². The fraction of sp³-hybridized carbons (Fsp3) is 0.0625. The van der Waals surface area contributed by atoms with Gasteiger partial charge in [0.1, 0.15) is 0 Å². The maximum absolute atomic E-state index is 12.6. The summed E-state index contributed by atoms with van der Waals surface area (Å²) in [5.74, 6) is 0. The topological polar surface area (TPSA) is 61.1 Å². The van der Waals surface area contributed by atoms with Crippen LogP contribution in [0.2, 0.25) is 0 Å². The van der Waals surface area contributed by atoms with E-state index < -0.39 is 9.84 Å². The zero-order chi connectivity index (χ0) is 15.0. The SMILES string of the molecule is Cc1cccc(S(=O)(=O)c2ccc3ccccc3[n+]2[O-])c1. The summed E-state index contributed by atoms with van der Waals surface area (Å²) in [4.78, 5) is 0.127. The number of aryl methyl sites for hydroxylation is 1. The van der Waals surface area contributed by atoms with Crippen molar-refractivity contribution in [2.24, 2.45) is 0 Å². The Morgan fingerprint density at radius 2 is 1.71 bits per heavy atom. The zero-order valence-corrected chi connectivity index (χ0v) is 12.2. The van der Waals surface area contributed by atoms with Gasteiger partial charge in [0.15, 0.2) is 0 Å². The Balaban J connectivity index is 2.27. The number of hydrogen-bond donors (Lipinski definition) is 0. The molecule has 0 amide bonds. The van der Waals surface area contributed by atoms with Crippen LogP contribution in [0.15, 0.2) is 70.6 Å². The van der Waals surface area contributed by atoms with Crippen molar-refractivity contribution in [3.63, 3.8) is 0 Å². The van der Waals surface area contributed by atoms with E-state index in [1.54, 1.807) is 42.5 Å². The van der Waals surface area contributed by atoms with Gasteiger partial charge in [-0.05, 0) is 36.8 Å². The van der Waals surface area contributed by atoms with Crippen LogP contribution >= 0.6 is 0 Å². The smallest absolute Gasteiger partial charge is 0.313 e. The van der Waals surface area contributed by atoms with Gasteiger partial charge in [-0.15, -0.1) is 0 Å². The predicted molar refractivity (Wildman–Crippen MR) is 79.5 cm³/mol. The van der Waals surface area contributed by atoms with Crippen LogP contribution in [-0.4, -0.2) is 8.42 Å². The summed E-state index contributed by atoms with van der Waals surface area (Å²) in [6.07, 6.45) is 0. The summed E-state index contributed by atoms with van der Waals surface area (Å²) >= 11 is 0. The minimum Gasteiger partial charge on any atom is -0.617 e. The normalized spacial score (nSPS) is 11.7. The molecule has 0 bridgehead atoms. The van der Waals surface area contributed by atoms with Crippen molar-refractivity contribution in [2.75, 3.05) is 0 Å². The van der Waals surface area contributed by atoms with Gasteiger partial charge in [-0.1, -0.05) is 24.3 Å². The minimum atomic E-state index is -3.83. The van der Waals surface area contributed by atoms with Crippen LogP contribution in [0.5, 0.6) is 0 Å². The van der Waals surface area contributed by atoms with Crippen LogP contribution in [0, 0.1) is 12.1 Å². The molecule has 0 atom stereocenters. The number of sulfone groups is 1. The number of hydrogen-bond acceptors (Lipinski definition) is 3. The average molecular weight is 299 g/mol. The molecule has 0 radical (unpaired) electrons. The average Bonchev–Trinajstić information content (AvgIpc) is 2.47. The van der Waals surface area contributed by atoms with E-state index in [0.717, 1.165) is 5.56 Å². The van der Waals surface area contributed by atoms with Gasteiger partial charge in [0.25, 0.3) is 9.84 Å². The molecule has 106 valence electrons. The molecule has 0 saturated carbocycles. The monoisotopic (exact) mass is 299 g/mol. The summed E-state index contributed by atoms with van der Waals surface area (Å²) in [6, 6.07) is 16.4. The Labute approximate surface area is 122 Å². The van der Waals surface area contributed by atoms with Crippen LogP contribution in [0.1, 0.15) is 5.56 Å². The van der Waals surface area contributed by atoms with Gasteiger partial charge in [-0.2, -0.15) is 4.73 Å². The summed E-state index contributed by atoms with van der Waals surface area (Å²) < 4.78 is 25.7. The summed E-state index contributed by atoms with van der Waals surface area (Å²) in [6.45, 7) is 1.81. The van der Waals surface area contributed by atoms with Gasteiger partial charge in [0.05, 0.1) is 4.90 Å². The molecule has 0 aliphatic heterocycles. The molecule has 3 aromatic rings. The van der Waals surface area contributed by atoms with E-state index >= 15 is 0 Å². The Morgan fingerprint density at radius 3 is 2.48 bits per heavy atom. The van der Waals surface area contributed by atoms with E-state index in [9.17, 15) is 13.6 Å². The molecule has 0 unspecified atom stereocenters. The van der Waals surface area contributed by atoms with Gasteiger partial charge >= 0.3 is 5.03 Å². The Bertz CT molecular complexity index is 933. The van der Waals surface area contributed by atoms with Crippen LogP contribution < -0.4 is 4.73 Å². The van der Waals surface area contributed by atoms with E-state index in [0.29, 0.717) is 15.6 Å². The van der Waals surface area contributed by atoms with Crippen molar-refractivity contribution < 1.29 is 13.1 Å². The first-order valence-electron chi connectivity index (χ1n) is 6.43. The second kappa shape index (κ2) is 4.86. The minimum absolute atomic E-state index is 0.127. The van der Waals surface area contributed by atoms with E-state index in [2.05, 4.69) is 0 Å². The van der Waals surface area contributed by atoms with Crippen molar-refractivity contribution >= 4 is 20.7 Å². The second-order valence-corrected chi connectivity index (χ2v) is 6.74. The molecule has 1 heterocycles. The molecule has 0 fully saturated rings. The van der Waals surface area contributed by atoms with Gasteiger partial charge in [0, 0.05) is 17.5 Å². The number of benzene rings is 2. The van der Waals surface area contributed by atoms with E-state index in [1.165, 1.54) is 12.1 Å². The zero-order valence-electron chi connectivity index (χ0n) is 11.4. The van der Waals surface area contributed by atoms with E-state index in [4.69, 9.17) is 0 Å². The number of nitrogens with zero attached hydrogens (tertiary/aromatic N) is 1. The third-order valence-corrected chi connectivity index (χ3v) is 5.06. The van der Waals surface area contributed by atoms with Crippen LogP contribution in [-0.2, 0) is 9.84 Å². The molecule has 2 aromatic carbocycles. The summed E-state index contributed by atoms with van der Waals surface area (Å²) in [5.41, 5.74) is 1.17. The predicted octanol–water partition coefficient (Wildman–Crippen LogP) is 2.61. The summed E-state index contributed by atoms with van der Waals surface area (Å²) in [7, 11) is -3.83. The highest BCUT2D eigenvalue weighted by molar-refractivity contribution is 7.91. The van der Waals surface area contributed by atoms with Gasteiger partial charge in [-0.25, -0.2) is 8.42 Å². The maximum Gasteiger partial charge on any atom is 0.313 e. The van der Waals surface area contributed by atoms with Crippen molar-refractivity contribution in [3.05, 3.63) is 71.4 Å². The molecule has 21 heavy (non-hydrogen) atoms. The molecule has 0 aliphatic rings. The molecule has 0 saturated heterocycles. The van der Waals surface area contributed by atoms with Crippen molar-refractivity contribution in [2.45, 2.75) is 16.8 Å². The third kappa shape index (κ3) is 2.25. The van der Waals surface area contributed by atoms with Crippen LogP contribution in [0.4, 0.5) is 0 Å².